The average Bonchev–Trinajstić information content (AvgIpc) is 2.44. The van der Waals surface area contributed by atoms with Gasteiger partial charge in [-0.2, -0.15) is 18.4 Å². The van der Waals surface area contributed by atoms with E-state index in [4.69, 9.17) is 9.47 Å². The number of nitriles is 1. The molecule has 2 heterocycles. The number of morpholine rings is 1. The maximum Gasteiger partial charge on any atom is 0.433 e. The number of anilines is 1. The summed E-state index contributed by atoms with van der Waals surface area (Å²) >= 11 is 0. The van der Waals surface area contributed by atoms with Crippen LogP contribution in [0.5, 0.6) is 0 Å². The minimum absolute atomic E-state index is 0.0276. The van der Waals surface area contributed by atoms with Gasteiger partial charge in [0, 0.05) is 20.2 Å². The second-order valence-electron chi connectivity index (χ2n) is 6.01. The third kappa shape index (κ3) is 4.12. The van der Waals surface area contributed by atoms with E-state index in [-0.39, 0.29) is 17.5 Å². The second-order valence-corrected chi connectivity index (χ2v) is 6.01. The Morgan fingerprint density at radius 1 is 1.48 bits per heavy atom. The van der Waals surface area contributed by atoms with Crippen LogP contribution in [0.15, 0.2) is 12.1 Å². The highest BCUT2D eigenvalue weighted by Crippen LogP contribution is 2.32. The van der Waals surface area contributed by atoms with Crippen LogP contribution in [-0.2, 0) is 15.7 Å². The van der Waals surface area contributed by atoms with Crippen molar-refractivity contribution in [1.82, 2.24) is 4.98 Å². The molecule has 0 spiro atoms. The number of rotatable bonds is 3. The van der Waals surface area contributed by atoms with Gasteiger partial charge in [0.15, 0.2) is 0 Å². The molecule has 0 bridgehead atoms. The lowest BCUT2D eigenvalue weighted by Crippen LogP contribution is -2.54. The van der Waals surface area contributed by atoms with Crippen molar-refractivity contribution >= 4 is 5.82 Å². The highest BCUT2D eigenvalue weighted by molar-refractivity contribution is 5.55. The summed E-state index contributed by atoms with van der Waals surface area (Å²) in [5.41, 5.74) is -1.50. The summed E-state index contributed by atoms with van der Waals surface area (Å²) in [5, 5.41) is 9.19. The van der Waals surface area contributed by atoms with Gasteiger partial charge in [0.2, 0.25) is 0 Å². The summed E-state index contributed by atoms with van der Waals surface area (Å²) in [5.74, 6) is 0.0276. The normalized spacial score (nSPS) is 21.1. The molecular weight excluding hydrogens is 311 g/mol. The molecule has 0 amide bonds. The molecule has 0 N–H and O–H groups in total. The zero-order valence-electron chi connectivity index (χ0n) is 13.1. The van der Waals surface area contributed by atoms with E-state index in [2.05, 4.69) is 4.98 Å². The van der Waals surface area contributed by atoms with Crippen molar-refractivity contribution < 1.29 is 22.6 Å². The van der Waals surface area contributed by atoms with Gasteiger partial charge in [0.25, 0.3) is 0 Å². The molecule has 126 valence electrons. The molecule has 1 aliphatic rings. The number of ether oxygens (including phenoxy) is 2. The van der Waals surface area contributed by atoms with Crippen molar-refractivity contribution in [2.24, 2.45) is 0 Å². The maximum atomic E-state index is 12.9. The van der Waals surface area contributed by atoms with E-state index in [1.165, 1.54) is 7.11 Å². The fourth-order valence-electron chi connectivity index (χ4n) is 2.66. The van der Waals surface area contributed by atoms with Gasteiger partial charge >= 0.3 is 6.18 Å². The SMILES string of the molecule is COC[C@@H]1CN(c2nc(C(F)(F)F)ccc2C#N)CC(C)(C)O1. The summed E-state index contributed by atoms with van der Waals surface area (Å²) in [7, 11) is 1.53. The van der Waals surface area contributed by atoms with Crippen molar-refractivity contribution in [3.8, 4) is 6.07 Å². The van der Waals surface area contributed by atoms with Crippen molar-refractivity contribution in [3.63, 3.8) is 0 Å². The number of pyridine rings is 1. The van der Waals surface area contributed by atoms with E-state index >= 15 is 0 Å². The number of aromatic nitrogens is 1. The third-order valence-electron chi connectivity index (χ3n) is 3.42. The van der Waals surface area contributed by atoms with E-state index in [0.29, 0.717) is 19.7 Å². The van der Waals surface area contributed by atoms with Crippen LogP contribution in [0, 0.1) is 11.3 Å². The largest absolute Gasteiger partial charge is 0.433 e. The van der Waals surface area contributed by atoms with Gasteiger partial charge in [0.05, 0.1) is 23.9 Å². The van der Waals surface area contributed by atoms with E-state index in [1.54, 1.807) is 4.90 Å². The highest BCUT2D eigenvalue weighted by atomic mass is 19.4. The molecule has 0 aliphatic carbocycles. The first-order chi connectivity index (χ1) is 10.7. The number of hydrogen-bond donors (Lipinski definition) is 0. The molecule has 2 rings (SSSR count). The summed E-state index contributed by atoms with van der Waals surface area (Å²) < 4.78 is 49.6. The van der Waals surface area contributed by atoms with Crippen LogP contribution in [0.1, 0.15) is 25.1 Å². The molecule has 1 fully saturated rings. The highest BCUT2D eigenvalue weighted by Gasteiger charge is 2.37. The van der Waals surface area contributed by atoms with Gasteiger partial charge in [-0.1, -0.05) is 0 Å². The zero-order valence-corrected chi connectivity index (χ0v) is 13.1. The van der Waals surface area contributed by atoms with Gasteiger partial charge in [-0.05, 0) is 26.0 Å². The van der Waals surface area contributed by atoms with Crippen LogP contribution < -0.4 is 4.90 Å². The molecule has 1 aromatic heterocycles. The van der Waals surface area contributed by atoms with Crippen molar-refractivity contribution in [2.75, 3.05) is 31.7 Å². The minimum atomic E-state index is -4.56. The van der Waals surface area contributed by atoms with Gasteiger partial charge in [-0.3, -0.25) is 0 Å². The first-order valence-corrected chi connectivity index (χ1v) is 7.06. The monoisotopic (exact) mass is 329 g/mol. The molecule has 0 radical (unpaired) electrons. The van der Waals surface area contributed by atoms with Crippen LogP contribution in [0.3, 0.4) is 0 Å². The van der Waals surface area contributed by atoms with Crippen molar-refractivity contribution in [1.29, 1.82) is 5.26 Å². The summed E-state index contributed by atoms with van der Waals surface area (Å²) in [6.45, 7) is 4.61. The minimum Gasteiger partial charge on any atom is -0.382 e. The lowest BCUT2D eigenvalue weighted by Gasteiger charge is -2.43. The molecule has 1 aliphatic heterocycles. The van der Waals surface area contributed by atoms with E-state index in [1.807, 2.05) is 19.9 Å². The molecule has 0 saturated carbocycles. The van der Waals surface area contributed by atoms with Crippen molar-refractivity contribution in [2.45, 2.75) is 31.7 Å². The van der Waals surface area contributed by atoms with Gasteiger partial charge in [-0.25, -0.2) is 4.98 Å². The number of methoxy groups -OCH3 is 1. The predicted octanol–water partition coefficient (Wildman–Crippen LogP) is 2.60. The summed E-state index contributed by atoms with van der Waals surface area (Å²) in [4.78, 5) is 5.33. The van der Waals surface area contributed by atoms with Gasteiger partial charge < -0.3 is 14.4 Å². The predicted molar refractivity (Wildman–Crippen MR) is 77.0 cm³/mol. The third-order valence-corrected chi connectivity index (χ3v) is 3.42. The fraction of sp³-hybridized carbons (Fsp3) is 0.600. The number of nitrogens with zero attached hydrogens (tertiary/aromatic N) is 3. The molecule has 1 atom stereocenters. The lowest BCUT2D eigenvalue weighted by molar-refractivity contribution is -0.141. The standard InChI is InChI=1S/C15H18F3N3O2/c1-14(2)9-21(7-11(23-14)8-22-3)13-10(6-19)4-5-12(20-13)15(16,17)18/h4-5,11H,7-9H2,1-3H3/t11-/m0/s1. The lowest BCUT2D eigenvalue weighted by atomic mass is 10.0. The molecule has 0 aromatic carbocycles. The first-order valence-electron chi connectivity index (χ1n) is 7.06. The van der Waals surface area contributed by atoms with Crippen LogP contribution in [0.2, 0.25) is 0 Å². The molecule has 0 unspecified atom stereocenters. The van der Waals surface area contributed by atoms with E-state index < -0.39 is 17.5 Å². The maximum absolute atomic E-state index is 12.9. The topological polar surface area (TPSA) is 58.4 Å². The Labute approximate surface area is 132 Å². The van der Waals surface area contributed by atoms with Crippen LogP contribution >= 0.6 is 0 Å². The second kappa shape index (κ2) is 6.34. The molecule has 5 nitrogen and oxygen atoms in total. The molecular formula is C15H18F3N3O2. The quantitative estimate of drug-likeness (QED) is 0.853. The zero-order chi connectivity index (χ0) is 17.3. The molecule has 1 aromatic rings. The molecule has 1 saturated heterocycles. The van der Waals surface area contributed by atoms with Crippen molar-refractivity contribution in [3.05, 3.63) is 23.4 Å². The Bertz CT molecular complexity index is 611. The van der Waals surface area contributed by atoms with Crippen LogP contribution in [0.4, 0.5) is 19.0 Å². The van der Waals surface area contributed by atoms with E-state index in [9.17, 15) is 18.4 Å². The summed E-state index contributed by atoms with van der Waals surface area (Å²) in [6, 6.07) is 3.87. The Balaban J connectivity index is 2.40. The Hall–Kier alpha value is -1.85. The van der Waals surface area contributed by atoms with Gasteiger partial charge in [0.1, 0.15) is 17.6 Å². The number of alkyl halides is 3. The van der Waals surface area contributed by atoms with Gasteiger partial charge in [-0.15, -0.1) is 0 Å². The molecule has 23 heavy (non-hydrogen) atoms. The Morgan fingerprint density at radius 2 is 2.17 bits per heavy atom. The fourth-order valence-corrected chi connectivity index (χ4v) is 2.66. The number of halogens is 3. The smallest absolute Gasteiger partial charge is 0.382 e. The first kappa shape index (κ1) is 17.5. The van der Waals surface area contributed by atoms with E-state index in [0.717, 1.165) is 12.1 Å². The summed E-state index contributed by atoms with van der Waals surface area (Å²) in [6.07, 6.45) is -4.87. The number of hydrogen-bond acceptors (Lipinski definition) is 5. The molecule has 8 heteroatoms. The van der Waals surface area contributed by atoms with Crippen LogP contribution in [-0.4, -0.2) is 43.5 Å². The van der Waals surface area contributed by atoms with Crippen LogP contribution in [0.25, 0.3) is 0 Å². The Kier molecular flexibility index (Phi) is 4.82. The Morgan fingerprint density at radius 3 is 2.74 bits per heavy atom. The average molecular weight is 329 g/mol.